The molecule has 0 spiro atoms. The molecule has 0 aliphatic rings. The number of carbonyl (C=O) groups is 6. The average Bonchev–Trinajstić information content (AvgIpc) is 3.11. The number of aliphatic carboxylic acids is 3. The van der Waals surface area contributed by atoms with E-state index in [0.29, 0.717) is 84.7 Å². The summed E-state index contributed by atoms with van der Waals surface area (Å²) in [4.78, 5) is 69.2. The normalized spacial score (nSPS) is 12.3. The molecule has 2 atom stereocenters. The van der Waals surface area contributed by atoms with Crippen LogP contribution in [-0.4, -0.2) is 110 Å². The molecule has 14 nitrogen and oxygen atoms in total. The van der Waals surface area contributed by atoms with Gasteiger partial charge in [0.05, 0.1) is 58.1 Å². The maximum Gasteiger partial charge on any atom is 0.306 e. The van der Waals surface area contributed by atoms with Crippen molar-refractivity contribution in [2.75, 3.05) is 59.4 Å². The average molecular weight is 760 g/mol. The van der Waals surface area contributed by atoms with Crippen molar-refractivity contribution in [2.45, 2.75) is 142 Å². The summed E-state index contributed by atoms with van der Waals surface area (Å²) in [7, 11) is 0. The van der Waals surface area contributed by atoms with Crippen LogP contribution in [-0.2, 0) is 47.7 Å². The number of hydrogen-bond donors (Lipinski definition) is 4. The van der Waals surface area contributed by atoms with E-state index >= 15 is 0 Å². The largest absolute Gasteiger partial charge is 0.481 e. The molecule has 0 saturated heterocycles. The van der Waals surface area contributed by atoms with Crippen molar-refractivity contribution in [3.63, 3.8) is 0 Å². The van der Waals surface area contributed by atoms with Gasteiger partial charge in [-0.15, -0.1) is 0 Å². The summed E-state index contributed by atoms with van der Waals surface area (Å²) < 4.78 is 21.9. The number of rotatable bonds is 41. The first-order valence-electron chi connectivity index (χ1n) is 19.8. The lowest BCUT2D eigenvalue weighted by Crippen LogP contribution is -2.27. The molecule has 53 heavy (non-hydrogen) atoms. The summed E-state index contributed by atoms with van der Waals surface area (Å²) in [6, 6.07) is 0. The van der Waals surface area contributed by atoms with Crippen molar-refractivity contribution < 1.29 is 63.0 Å². The fourth-order valence-corrected chi connectivity index (χ4v) is 5.47. The summed E-state index contributed by atoms with van der Waals surface area (Å²) in [5.41, 5.74) is 0. The minimum absolute atomic E-state index is 0.00581. The maximum atomic E-state index is 12.2. The van der Waals surface area contributed by atoms with Crippen LogP contribution in [0, 0.1) is 11.8 Å². The van der Waals surface area contributed by atoms with Gasteiger partial charge in [-0.3, -0.25) is 28.8 Å². The van der Waals surface area contributed by atoms with E-state index in [1.807, 2.05) is 0 Å². The fraction of sp³-hybridized carbons (Fsp3) is 0.846. The number of carboxylic acid groups (broad SMARTS) is 3. The SMILES string of the molecule is C[C@@H](CCCCNC(=O)CC[C@H](CC(=O)CCOCCOCCOCCOCCCC(=O)CCCCCCCCCCCCC(=O)O)C(=O)O)C(=O)O. The highest BCUT2D eigenvalue weighted by Gasteiger charge is 2.22. The number of ether oxygens (including phenoxy) is 4. The monoisotopic (exact) mass is 759 g/mol. The van der Waals surface area contributed by atoms with E-state index in [0.717, 1.165) is 38.5 Å². The number of amides is 1. The Balaban J connectivity index is 3.54. The molecular formula is C39H69NO13. The highest BCUT2D eigenvalue weighted by Crippen LogP contribution is 2.15. The smallest absolute Gasteiger partial charge is 0.306 e. The second kappa shape index (κ2) is 36.1. The molecule has 14 heteroatoms. The van der Waals surface area contributed by atoms with Crippen LogP contribution in [0.15, 0.2) is 0 Å². The van der Waals surface area contributed by atoms with Gasteiger partial charge < -0.3 is 39.6 Å². The Morgan fingerprint density at radius 2 is 0.962 bits per heavy atom. The van der Waals surface area contributed by atoms with E-state index < -0.39 is 29.7 Å². The highest BCUT2D eigenvalue weighted by atomic mass is 16.6. The van der Waals surface area contributed by atoms with Gasteiger partial charge in [0.15, 0.2) is 0 Å². The standard InChI is InChI=1S/C39H69NO13/c1-32(38(46)47)15-12-13-22-40-36(43)20-19-33(39(48)49)31-35(42)21-24-51-26-28-53-30-29-52-27-25-50-23-14-17-34(41)16-10-8-6-4-2-3-5-7-9-11-18-37(44)45/h32-33H,2-31H2,1H3,(H,40,43)(H,44,45)(H,46,47)(H,48,49)/t32-,33+/m0/s1. The Kier molecular flexibility index (Phi) is 34.1. The molecule has 0 aromatic carbocycles. The first-order chi connectivity index (χ1) is 25.5. The molecule has 0 aliphatic heterocycles. The quantitative estimate of drug-likeness (QED) is 0.0527. The molecule has 0 aliphatic carbocycles. The predicted octanol–water partition coefficient (Wildman–Crippen LogP) is 6.01. The lowest BCUT2D eigenvalue weighted by atomic mass is 9.96. The number of ketones is 2. The van der Waals surface area contributed by atoms with Crippen molar-refractivity contribution in [2.24, 2.45) is 11.8 Å². The van der Waals surface area contributed by atoms with Crippen molar-refractivity contribution in [3.8, 4) is 0 Å². The molecule has 0 aromatic rings. The molecule has 4 N–H and O–H groups in total. The molecule has 0 rings (SSSR count). The topological polar surface area (TPSA) is 212 Å². The number of Topliss-reactive ketones (excluding diaryl/α,β-unsaturated/α-hetero) is 2. The lowest BCUT2D eigenvalue weighted by molar-refractivity contribution is -0.144. The molecule has 0 saturated carbocycles. The van der Waals surface area contributed by atoms with Crippen LogP contribution in [0.5, 0.6) is 0 Å². The summed E-state index contributed by atoms with van der Waals surface area (Å²) in [6.07, 6.45) is 14.8. The summed E-state index contributed by atoms with van der Waals surface area (Å²) >= 11 is 0. The Labute approximate surface area is 316 Å². The zero-order valence-electron chi connectivity index (χ0n) is 32.3. The molecule has 0 aromatic heterocycles. The number of hydrogen-bond acceptors (Lipinski definition) is 10. The molecule has 0 radical (unpaired) electrons. The van der Waals surface area contributed by atoms with Crippen molar-refractivity contribution >= 4 is 35.4 Å². The Hall–Kier alpha value is -2.94. The first kappa shape index (κ1) is 50.1. The Morgan fingerprint density at radius 3 is 1.49 bits per heavy atom. The highest BCUT2D eigenvalue weighted by molar-refractivity contribution is 5.84. The van der Waals surface area contributed by atoms with Gasteiger partial charge in [0, 0.05) is 51.7 Å². The van der Waals surface area contributed by atoms with Gasteiger partial charge in [-0.1, -0.05) is 64.7 Å². The van der Waals surface area contributed by atoms with Crippen LogP contribution in [0.1, 0.15) is 142 Å². The van der Waals surface area contributed by atoms with Gasteiger partial charge in [-0.05, 0) is 38.5 Å². The minimum atomic E-state index is -1.12. The summed E-state index contributed by atoms with van der Waals surface area (Å²) in [5, 5.41) is 29.7. The van der Waals surface area contributed by atoms with Gasteiger partial charge >= 0.3 is 17.9 Å². The van der Waals surface area contributed by atoms with Crippen LogP contribution in [0.25, 0.3) is 0 Å². The molecule has 1 amide bonds. The van der Waals surface area contributed by atoms with Crippen LogP contribution < -0.4 is 5.32 Å². The van der Waals surface area contributed by atoms with Gasteiger partial charge in [0.25, 0.3) is 0 Å². The molecule has 0 unspecified atom stereocenters. The van der Waals surface area contributed by atoms with Crippen molar-refractivity contribution in [3.05, 3.63) is 0 Å². The fourth-order valence-electron chi connectivity index (χ4n) is 5.47. The van der Waals surface area contributed by atoms with Gasteiger partial charge in [0.2, 0.25) is 5.91 Å². The molecule has 308 valence electrons. The van der Waals surface area contributed by atoms with E-state index in [-0.39, 0.29) is 62.8 Å². The maximum absolute atomic E-state index is 12.2. The van der Waals surface area contributed by atoms with E-state index in [4.69, 9.17) is 29.2 Å². The van der Waals surface area contributed by atoms with Gasteiger partial charge in [-0.25, -0.2) is 0 Å². The molecular weight excluding hydrogens is 690 g/mol. The summed E-state index contributed by atoms with van der Waals surface area (Å²) in [5.74, 6) is -4.31. The Morgan fingerprint density at radius 1 is 0.472 bits per heavy atom. The second-order valence-corrected chi connectivity index (χ2v) is 13.7. The van der Waals surface area contributed by atoms with Crippen LogP contribution >= 0.6 is 0 Å². The number of nitrogens with one attached hydrogen (secondary N) is 1. The van der Waals surface area contributed by atoms with E-state index in [1.54, 1.807) is 6.92 Å². The lowest BCUT2D eigenvalue weighted by Gasteiger charge is -2.12. The first-order valence-corrected chi connectivity index (χ1v) is 19.8. The minimum Gasteiger partial charge on any atom is -0.481 e. The van der Waals surface area contributed by atoms with Crippen molar-refractivity contribution in [1.29, 1.82) is 0 Å². The van der Waals surface area contributed by atoms with Gasteiger partial charge in [0.1, 0.15) is 11.6 Å². The predicted molar refractivity (Wildman–Crippen MR) is 199 cm³/mol. The molecule has 0 heterocycles. The number of carboxylic acids is 3. The van der Waals surface area contributed by atoms with E-state index in [9.17, 15) is 33.9 Å². The number of carbonyl (C=O) groups excluding carboxylic acids is 3. The molecule has 0 bridgehead atoms. The molecule has 0 fully saturated rings. The number of unbranched alkanes of at least 4 members (excludes halogenated alkanes) is 10. The van der Waals surface area contributed by atoms with E-state index in [2.05, 4.69) is 5.32 Å². The van der Waals surface area contributed by atoms with Crippen LogP contribution in [0.4, 0.5) is 0 Å². The van der Waals surface area contributed by atoms with Crippen LogP contribution in [0.2, 0.25) is 0 Å². The third-order valence-electron chi connectivity index (χ3n) is 8.83. The van der Waals surface area contributed by atoms with Gasteiger partial charge in [-0.2, -0.15) is 0 Å². The van der Waals surface area contributed by atoms with E-state index in [1.165, 1.54) is 25.7 Å². The summed E-state index contributed by atoms with van der Waals surface area (Å²) in [6.45, 7) is 4.96. The third kappa shape index (κ3) is 35.8. The second-order valence-electron chi connectivity index (χ2n) is 13.7. The third-order valence-corrected chi connectivity index (χ3v) is 8.83. The van der Waals surface area contributed by atoms with Crippen molar-refractivity contribution in [1.82, 2.24) is 5.32 Å². The Bertz CT molecular complexity index is 990. The van der Waals surface area contributed by atoms with Crippen LogP contribution in [0.3, 0.4) is 0 Å². The zero-order chi connectivity index (χ0) is 39.4. The zero-order valence-corrected chi connectivity index (χ0v) is 32.3.